The molecule has 2 fully saturated rings. The molecule has 3 aromatic rings. The minimum atomic E-state index is -0.241. The van der Waals surface area contributed by atoms with E-state index >= 15 is 0 Å². The number of piperazine rings is 1. The maximum Gasteiger partial charge on any atom is 0.261 e. The number of para-hydroxylation sites is 1. The van der Waals surface area contributed by atoms with Gasteiger partial charge in [0.2, 0.25) is 5.95 Å². The molecular weight excluding hydrogens is 518 g/mol. The van der Waals surface area contributed by atoms with Gasteiger partial charge in [0.05, 0.1) is 5.69 Å². The molecule has 1 aromatic heterocycles. The molecule has 1 amide bonds. The van der Waals surface area contributed by atoms with E-state index in [1.807, 2.05) is 37.3 Å². The van der Waals surface area contributed by atoms with Crippen LogP contribution in [0.4, 0.5) is 28.8 Å². The second kappa shape index (κ2) is 10.8. The van der Waals surface area contributed by atoms with Crippen molar-refractivity contribution in [2.45, 2.75) is 32.2 Å². The topological polar surface area (TPSA) is 85.4 Å². The zero-order chi connectivity index (χ0) is 25.1. The van der Waals surface area contributed by atoms with Crippen LogP contribution in [0.25, 0.3) is 0 Å². The van der Waals surface area contributed by atoms with Crippen LogP contribution in [-0.2, 0) is 0 Å². The fourth-order valence-electron chi connectivity index (χ4n) is 4.38. The summed E-state index contributed by atoms with van der Waals surface area (Å²) in [5.41, 5.74) is 4.28. The lowest BCUT2D eigenvalue weighted by molar-refractivity contribution is 0.102. The van der Waals surface area contributed by atoms with E-state index in [1.54, 1.807) is 6.20 Å². The highest BCUT2D eigenvalue weighted by Gasteiger charge is 2.23. The summed E-state index contributed by atoms with van der Waals surface area (Å²) in [6.45, 7) is 6.18. The van der Waals surface area contributed by atoms with Crippen molar-refractivity contribution in [2.75, 3.05) is 54.1 Å². The molecule has 0 spiro atoms. The van der Waals surface area contributed by atoms with Crippen molar-refractivity contribution < 1.29 is 4.79 Å². The third kappa shape index (κ3) is 5.63. The number of halogens is 1. The number of nitrogens with one attached hydrogen (secondary N) is 3. The number of carbonyl (C=O) groups excluding carboxylic acids is 1. The zero-order valence-corrected chi connectivity index (χ0v) is 22.3. The van der Waals surface area contributed by atoms with Gasteiger partial charge in [-0.2, -0.15) is 4.98 Å². The van der Waals surface area contributed by atoms with E-state index in [-0.39, 0.29) is 5.91 Å². The van der Waals surface area contributed by atoms with Crippen LogP contribution in [0.15, 0.2) is 53.1 Å². The normalized spacial score (nSPS) is 16.4. The number of rotatable bonds is 7. The number of carbonyl (C=O) groups is 1. The fraction of sp³-hybridized carbons (Fsp3) is 0.370. The number of hydrogen-bond acceptors (Lipinski definition) is 7. The van der Waals surface area contributed by atoms with E-state index in [1.165, 1.54) is 12.1 Å². The Morgan fingerprint density at radius 1 is 1.06 bits per heavy atom. The van der Waals surface area contributed by atoms with Crippen LogP contribution in [0.3, 0.4) is 0 Å². The standard InChI is InChI=1S/C27H32BrN7O/c1-18-5-3-8-23(28)24(18)32-26(36)22-17-29-27(33-25(22)30-19-6-4-7-19)31-20-9-11-21(12-10-20)35-15-13-34(2)14-16-35/h3,5,8-12,17,19H,4,6-7,13-16H2,1-2H3,(H,32,36)(H2,29,30,31,33). The van der Waals surface area contributed by atoms with E-state index in [0.717, 1.165) is 60.4 Å². The molecule has 0 atom stereocenters. The number of amides is 1. The molecule has 3 N–H and O–H groups in total. The Kier molecular flexibility index (Phi) is 7.38. The summed E-state index contributed by atoms with van der Waals surface area (Å²) >= 11 is 3.53. The molecule has 8 nitrogen and oxygen atoms in total. The van der Waals surface area contributed by atoms with Crippen LogP contribution < -0.4 is 20.9 Å². The summed E-state index contributed by atoms with van der Waals surface area (Å²) in [5.74, 6) is 0.765. The Morgan fingerprint density at radius 2 is 1.81 bits per heavy atom. The van der Waals surface area contributed by atoms with Crippen LogP contribution >= 0.6 is 15.9 Å². The first kappa shape index (κ1) is 24.5. The lowest BCUT2D eigenvalue weighted by Crippen LogP contribution is -2.44. The molecule has 9 heteroatoms. The molecule has 1 aliphatic carbocycles. The lowest BCUT2D eigenvalue weighted by atomic mass is 9.93. The van der Waals surface area contributed by atoms with Crippen molar-refractivity contribution in [1.82, 2.24) is 14.9 Å². The molecule has 0 radical (unpaired) electrons. The first-order valence-electron chi connectivity index (χ1n) is 12.5. The van der Waals surface area contributed by atoms with Gasteiger partial charge in [-0.25, -0.2) is 4.98 Å². The van der Waals surface area contributed by atoms with Crippen LogP contribution in [0.1, 0.15) is 35.2 Å². The quantitative estimate of drug-likeness (QED) is 0.370. The SMILES string of the molecule is Cc1cccc(Br)c1NC(=O)c1cnc(Nc2ccc(N3CCN(C)CC3)cc2)nc1NC1CCC1. The number of aryl methyl sites for hydroxylation is 1. The number of aromatic nitrogens is 2. The van der Waals surface area contributed by atoms with Crippen LogP contribution in [-0.4, -0.2) is 60.0 Å². The monoisotopic (exact) mass is 549 g/mol. The van der Waals surface area contributed by atoms with Gasteiger partial charge < -0.3 is 25.8 Å². The summed E-state index contributed by atoms with van der Waals surface area (Å²) in [4.78, 5) is 27.1. The van der Waals surface area contributed by atoms with E-state index in [2.05, 4.69) is 65.8 Å². The first-order chi connectivity index (χ1) is 17.5. The number of likely N-dealkylation sites (N-methyl/N-ethyl adjacent to an activating group) is 1. The van der Waals surface area contributed by atoms with Gasteiger partial charge in [-0.15, -0.1) is 0 Å². The summed E-state index contributed by atoms with van der Waals surface area (Å²) in [6, 6.07) is 14.5. The van der Waals surface area contributed by atoms with E-state index in [9.17, 15) is 4.79 Å². The van der Waals surface area contributed by atoms with Crippen molar-refractivity contribution in [3.63, 3.8) is 0 Å². The lowest BCUT2D eigenvalue weighted by Gasteiger charge is -2.34. The number of hydrogen-bond donors (Lipinski definition) is 3. The average Bonchev–Trinajstić information content (AvgIpc) is 2.85. The van der Waals surface area contributed by atoms with Gasteiger partial charge in [-0.1, -0.05) is 12.1 Å². The van der Waals surface area contributed by atoms with Gasteiger partial charge in [-0.3, -0.25) is 4.79 Å². The smallest absolute Gasteiger partial charge is 0.261 e. The van der Waals surface area contributed by atoms with Gasteiger partial charge in [0, 0.05) is 54.3 Å². The Labute approximate surface area is 220 Å². The molecule has 1 saturated heterocycles. The number of benzene rings is 2. The summed E-state index contributed by atoms with van der Waals surface area (Å²) < 4.78 is 0.837. The van der Waals surface area contributed by atoms with E-state index in [0.29, 0.717) is 23.4 Å². The van der Waals surface area contributed by atoms with Gasteiger partial charge in [0.1, 0.15) is 11.4 Å². The molecule has 36 heavy (non-hydrogen) atoms. The molecule has 0 unspecified atom stereocenters. The largest absolute Gasteiger partial charge is 0.369 e. The van der Waals surface area contributed by atoms with E-state index in [4.69, 9.17) is 4.98 Å². The highest BCUT2D eigenvalue weighted by atomic mass is 79.9. The zero-order valence-electron chi connectivity index (χ0n) is 20.7. The Hall–Kier alpha value is -3.17. The predicted molar refractivity (Wildman–Crippen MR) is 150 cm³/mol. The molecule has 188 valence electrons. The Bertz CT molecular complexity index is 1200. The highest BCUT2D eigenvalue weighted by molar-refractivity contribution is 9.10. The fourth-order valence-corrected chi connectivity index (χ4v) is 4.95. The minimum absolute atomic E-state index is 0.241. The summed E-state index contributed by atoms with van der Waals surface area (Å²) in [6.07, 6.45) is 4.93. The summed E-state index contributed by atoms with van der Waals surface area (Å²) in [5, 5.41) is 9.77. The third-order valence-corrected chi connectivity index (χ3v) is 7.59. The molecule has 5 rings (SSSR count). The maximum atomic E-state index is 13.2. The van der Waals surface area contributed by atoms with Gasteiger partial charge in [-0.05, 0) is 85.1 Å². The van der Waals surface area contributed by atoms with Crippen molar-refractivity contribution in [3.8, 4) is 0 Å². The summed E-state index contributed by atoms with van der Waals surface area (Å²) in [7, 11) is 2.16. The maximum absolute atomic E-state index is 13.2. The van der Waals surface area contributed by atoms with Crippen molar-refractivity contribution in [1.29, 1.82) is 0 Å². The molecule has 2 aliphatic rings. The molecule has 1 aliphatic heterocycles. The number of nitrogens with zero attached hydrogens (tertiary/aromatic N) is 4. The first-order valence-corrected chi connectivity index (χ1v) is 13.3. The van der Waals surface area contributed by atoms with Gasteiger partial charge >= 0.3 is 0 Å². The predicted octanol–water partition coefficient (Wildman–Crippen LogP) is 5.26. The molecule has 1 saturated carbocycles. The molecule has 2 aromatic carbocycles. The van der Waals surface area contributed by atoms with Gasteiger partial charge in [0.25, 0.3) is 5.91 Å². The molecular formula is C27H32BrN7O. The van der Waals surface area contributed by atoms with Crippen molar-refractivity contribution in [2.24, 2.45) is 0 Å². The Balaban J connectivity index is 1.33. The average molecular weight is 551 g/mol. The molecule has 2 heterocycles. The third-order valence-electron chi connectivity index (χ3n) is 6.93. The Morgan fingerprint density at radius 3 is 2.47 bits per heavy atom. The van der Waals surface area contributed by atoms with Crippen molar-refractivity contribution in [3.05, 3.63) is 64.3 Å². The molecule has 0 bridgehead atoms. The number of anilines is 5. The van der Waals surface area contributed by atoms with Crippen molar-refractivity contribution >= 4 is 50.7 Å². The van der Waals surface area contributed by atoms with Crippen LogP contribution in [0.2, 0.25) is 0 Å². The van der Waals surface area contributed by atoms with E-state index < -0.39 is 0 Å². The second-order valence-electron chi connectivity index (χ2n) is 9.58. The van der Waals surface area contributed by atoms with Crippen LogP contribution in [0.5, 0.6) is 0 Å². The second-order valence-corrected chi connectivity index (χ2v) is 10.4. The van der Waals surface area contributed by atoms with Gasteiger partial charge in [0.15, 0.2) is 0 Å². The highest BCUT2D eigenvalue weighted by Crippen LogP contribution is 2.29. The van der Waals surface area contributed by atoms with Crippen LogP contribution in [0, 0.1) is 6.92 Å². The minimum Gasteiger partial charge on any atom is -0.369 e.